The van der Waals surface area contributed by atoms with E-state index >= 15 is 0 Å². The average molecular weight is 585 g/mol. The summed E-state index contributed by atoms with van der Waals surface area (Å²) in [6, 6.07) is 2.55. The number of nitrogens with two attached hydrogens (primary N) is 1. The van der Waals surface area contributed by atoms with Crippen molar-refractivity contribution in [3.05, 3.63) is 80.6 Å². The number of β-lactam (4-membered cyclic amide) rings is 1. The van der Waals surface area contributed by atoms with Gasteiger partial charge in [0.1, 0.15) is 22.8 Å². The van der Waals surface area contributed by atoms with Crippen molar-refractivity contribution < 1.29 is 33.2 Å². The zero-order valence-electron chi connectivity index (χ0n) is 20.6. The fourth-order valence-corrected chi connectivity index (χ4v) is 5.82. The summed E-state index contributed by atoms with van der Waals surface area (Å²) >= 11 is 2.37. The Morgan fingerprint density at radius 2 is 2.17 bits per heavy atom. The van der Waals surface area contributed by atoms with Crippen molar-refractivity contribution in [2.24, 2.45) is 5.16 Å². The highest BCUT2D eigenvalue weighted by atomic mass is 32.2. The molecular formula is C24H20N6O8S2. The van der Waals surface area contributed by atoms with Crippen molar-refractivity contribution in [2.45, 2.75) is 24.9 Å². The summed E-state index contributed by atoms with van der Waals surface area (Å²) in [5, 5.41) is 15.9. The first-order valence-corrected chi connectivity index (χ1v) is 13.5. The Hall–Kier alpha value is -4.70. The molecule has 2 amide bonds. The van der Waals surface area contributed by atoms with E-state index in [-0.39, 0.29) is 28.0 Å². The number of nitrogen functional groups attached to an aromatic ring is 1. The van der Waals surface area contributed by atoms with E-state index in [4.69, 9.17) is 19.3 Å². The molecule has 0 aliphatic carbocycles. The first-order valence-electron chi connectivity index (χ1n) is 11.5. The second-order valence-corrected chi connectivity index (χ2v) is 10.4. The van der Waals surface area contributed by atoms with Crippen LogP contribution in [0.25, 0.3) is 6.08 Å². The molecule has 0 unspecified atom stereocenters. The molecule has 2 aliphatic heterocycles. The molecule has 5 heterocycles. The van der Waals surface area contributed by atoms with Crippen molar-refractivity contribution in [2.75, 3.05) is 11.5 Å². The number of nitrogens with one attached hydrogen (secondary N) is 1. The number of amides is 2. The Labute approximate surface area is 233 Å². The Morgan fingerprint density at radius 1 is 1.35 bits per heavy atom. The number of allylic oxidation sites excluding steroid dienone is 1. The molecule has 0 saturated carbocycles. The van der Waals surface area contributed by atoms with Gasteiger partial charge in [0.15, 0.2) is 29.0 Å². The number of nitrogens with zero attached hydrogens (tertiary/aromatic N) is 4. The maximum Gasteiger partial charge on any atom is 0.519 e. The molecule has 0 aromatic carbocycles. The molecule has 0 spiro atoms. The van der Waals surface area contributed by atoms with Gasteiger partial charge in [0.25, 0.3) is 11.8 Å². The number of hydrogen-bond acceptors (Lipinski definition) is 14. The van der Waals surface area contributed by atoms with Gasteiger partial charge in [0, 0.05) is 23.5 Å². The summed E-state index contributed by atoms with van der Waals surface area (Å²) in [5.74, 6) is -2.70. The van der Waals surface area contributed by atoms with Gasteiger partial charge in [-0.1, -0.05) is 23.4 Å². The number of rotatable bonds is 8. The average Bonchev–Trinajstić information content (AvgIpc) is 3.52. The fraction of sp³-hybridized carbons (Fsp3) is 0.208. The van der Waals surface area contributed by atoms with E-state index in [2.05, 4.69) is 20.4 Å². The number of ether oxygens (including phenoxy) is 1. The van der Waals surface area contributed by atoms with Gasteiger partial charge in [0.05, 0.1) is 0 Å². The quantitative estimate of drug-likeness (QED) is 0.113. The molecule has 5 rings (SSSR count). The van der Waals surface area contributed by atoms with E-state index in [0.717, 1.165) is 16.9 Å². The molecule has 4 N–H and O–H groups in total. The van der Waals surface area contributed by atoms with Gasteiger partial charge in [-0.15, -0.1) is 23.1 Å². The molecule has 2 atom stereocenters. The number of aromatic nitrogens is 2. The molecule has 0 radical (unpaired) electrons. The molecule has 40 heavy (non-hydrogen) atoms. The number of esters is 1. The second kappa shape index (κ2) is 11.2. The Balaban J connectivity index is 1.38. The van der Waals surface area contributed by atoms with Gasteiger partial charge in [-0.2, -0.15) is 0 Å². The van der Waals surface area contributed by atoms with Crippen LogP contribution in [-0.2, 0) is 25.7 Å². The van der Waals surface area contributed by atoms with Crippen LogP contribution < -0.4 is 16.9 Å². The minimum atomic E-state index is -1.02. The zero-order chi connectivity index (χ0) is 28.4. The van der Waals surface area contributed by atoms with Crippen LogP contribution in [0.2, 0.25) is 0 Å². The van der Waals surface area contributed by atoms with E-state index in [1.165, 1.54) is 29.0 Å². The predicted molar refractivity (Wildman–Crippen MR) is 142 cm³/mol. The van der Waals surface area contributed by atoms with E-state index in [1.807, 2.05) is 6.07 Å². The normalized spacial score (nSPS) is 19.0. The summed E-state index contributed by atoms with van der Waals surface area (Å²) in [6.07, 6.45) is 6.68. The largest absolute Gasteiger partial charge is 0.519 e. The Bertz CT molecular complexity index is 1620. The zero-order valence-corrected chi connectivity index (χ0v) is 22.2. The van der Waals surface area contributed by atoms with Crippen LogP contribution in [0.5, 0.6) is 0 Å². The van der Waals surface area contributed by atoms with Gasteiger partial charge in [0.2, 0.25) is 0 Å². The van der Waals surface area contributed by atoms with Gasteiger partial charge >= 0.3 is 11.8 Å². The van der Waals surface area contributed by atoms with Crippen molar-refractivity contribution in [1.29, 1.82) is 0 Å². The number of hydrogen-bond donors (Lipinski definition) is 3. The third-order valence-corrected chi connectivity index (χ3v) is 7.86. The molecule has 16 heteroatoms. The minimum absolute atomic E-state index is 0.0220. The maximum atomic E-state index is 13.3. The number of pyridine rings is 1. The number of thiazole rings is 1. The molecule has 0 bridgehead atoms. The molecule has 2 aliphatic rings. The molecule has 3 aromatic rings. The van der Waals surface area contributed by atoms with E-state index in [0.29, 0.717) is 11.3 Å². The predicted octanol–water partition coefficient (Wildman–Crippen LogP) is 1.26. The molecule has 206 valence electrons. The highest BCUT2D eigenvalue weighted by molar-refractivity contribution is 8.00. The van der Waals surface area contributed by atoms with E-state index in [1.54, 1.807) is 30.6 Å². The number of anilines is 1. The van der Waals surface area contributed by atoms with Crippen molar-refractivity contribution in [3.8, 4) is 0 Å². The smallest absolute Gasteiger partial charge is 0.453 e. The third-order valence-electron chi connectivity index (χ3n) is 5.89. The number of carbonyl (C=O) groups is 3. The van der Waals surface area contributed by atoms with Gasteiger partial charge in [-0.3, -0.25) is 19.5 Å². The van der Waals surface area contributed by atoms with Crippen LogP contribution >= 0.6 is 23.1 Å². The van der Waals surface area contributed by atoms with E-state index in [9.17, 15) is 24.4 Å². The van der Waals surface area contributed by atoms with Gasteiger partial charge < -0.3 is 29.8 Å². The molecule has 1 fully saturated rings. The number of aryl methyl sites for hydroxylation is 1. The SMILES string of the molecule is Cc1oc(=O)oc1COC(=O)C1=C(/C=C\c2cccnc2)CS[C@@H]2[C@H](NC(=O)C(=NO)c3csc(N)n3)C(=O)N12. The summed E-state index contributed by atoms with van der Waals surface area (Å²) in [4.78, 5) is 59.9. The van der Waals surface area contributed by atoms with Crippen LogP contribution in [0.15, 0.2) is 66.0 Å². The number of oxime groups is 1. The third kappa shape index (κ3) is 5.26. The summed E-state index contributed by atoms with van der Waals surface area (Å²) in [7, 11) is 0. The standard InChI is InChI=1S/C24H20N6O8S2/c1-11-15(38-24(34)37-11)8-36-22(33)18-13(5-4-12-3-2-6-26-7-12)9-39-21-17(20(32)30(18)21)28-19(31)16(29-35)14-10-40-23(25)27-14/h2-7,10,17,21,35H,8-9H2,1H3,(H2,25,27)(H,28,31)/b5-4-,29-16?/t17-,21-/m1/s1. The highest BCUT2D eigenvalue weighted by Crippen LogP contribution is 2.41. The summed E-state index contributed by atoms with van der Waals surface area (Å²) < 4.78 is 15.1. The lowest BCUT2D eigenvalue weighted by Gasteiger charge is -2.49. The van der Waals surface area contributed by atoms with Gasteiger partial charge in [-0.25, -0.2) is 14.6 Å². The van der Waals surface area contributed by atoms with Crippen LogP contribution in [0.4, 0.5) is 5.13 Å². The highest BCUT2D eigenvalue weighted by Gasteiger charge is 2.54. The molecule has 3 aromatic heterocycles. The lowest BCUT2D eigenvalue weighted by atomic mass is 10.0. The van der Waals surface area contributed by atoms with Crippen molar-refractivity contribution in [3.63, 3.8) is 0 Å². The lowest BCUT2D eigenvalue weighted by Crippen LogP contribution is -2.71. The minimum Gasteiger partial charge on any atom is -0.453 e. The van der Waals surface area contributed by atoms with E-state index < -0.39 is 47.3 Å². The Kier molecular flexibility index (Phi) is 7.52. The van der Waals surface area contributed by atoms with Crippen LogP contribution in [0, 0.1) is 6.92 Å². The van der Waals surface area contributed by atoms with Crippen LogP contribution in [0.1, 0.15) is 22.8 Å². The summed E-state index contributed by atoms with van der Waals surface area (Å²) in [6.45, 7) is 1.09. The molecule has 14 nitrogen and oxygen atoms in total. The Morgan fingerprint density at radius 3 is 2.83 bits per heavy atom. The first-order chi connectivity index (χ1) is 19.3. The number of fused-ring (bicyclic) bond motifs is 1. The monoisotopic (exact) mass is 584 g/mol. The number of carbonyl (C=O) groups excluding carboxylic acids is 3. The number of thioether (sulfide) groups is 1. The molecular weight excluding hydrogens is 564 g/mol. The van der Waals surface area contributed by atoms with Crippen LogP contribution in [-0.4, -0.2) is 60.7 Å². The topological polar surface area (TPSA) is 203 Å². The lowest BCUT2D eigenvalue weighted by molar-refractivity contribution is -0.153. The fourth-order valence-electron chi connectivity index (χ4n) is 3.96. The van der Waals surface area contributed by atoms with Gasteiger partial charge in [-0.05, 0) is 24.1 Å². The molecule has 1 saturated heterocycles. The van der Waals surface area contributed by atoms with Crippen molar-refractivity contribution in [1.82, 2.24) is 20.2 Å². The van der Waals surface area contributed by atoms with Crippen LogP contribution in [0.3, 0.4) is 0 Å². The van der Waals surface area contributed by atoms with Crippen molar-refractivity contribution >= 4 is 57.8 Å². The maximum absolute atomic E-state index is 13.3. The second-order valence-electron chi connectivity index (χ2n) is 8.38. The first kappa shape index (κ1) is 26.9. The summed E-state index contributed by atoms with van der Waals surface area (Å²) in [5.41, 5.74) is 6.48.